The molecule has 4 fully saturated rings. The van der Waals surface area contributed by atoms with E-state index in [0.717, 1.165) is 17.8 Å². The van der Waals surface area contributed by atoms with Crippen LogP contribution in [-0.2, 0) is 4.79 Å². The Labute approximate surface area is 68.3 Å². The summed E-state index contributed by atoms with van der Waals surface area (Å²) in [6.45, 7) is 0. The Morgan fingerprint density at radius 1 is 1.60 bits per heavy atom. The van der Waals surface area contributed by atoms with Gasteiger partial charge in [-0.3, -0.25) is 0 Å². The normalized spacial score (nSPS) is 68.5. The van der Waals surface area contributed by atoms with Crippen LogP contribution in [-0.4, -0.2) is 11.1 Å². The molecular formula is C8H9BrO. The minimum absolute atomic E-state index is 0.179. The third kappa shape index (κ3) is 0.357. The molecule has 0 spiro atoms. The number of aldehydes is 1. The lowest BCUT2D eigenvalue weighted by Gasteiger charge is -2.02. The van der Waals surface area contributed by atoms with Crippen molar-refractivity contribution >= 4 is 22.2 Å². The van der Waals surface area contributed by atoms with Gasteiger partial charge in [0.1, 0.15) is 6.29 Å². The van der Waals surface area contributed by atoms with Crippen molar-refractivity contribution in [1.29, 1.82) is 0 Å². The van der Waals surface area contributed by atoms with Crippen LogP contribution in [0, 0.1) is 23.2 Å². The molecule has 4 rings (SSSR count). The van der Waals surface area contributed by atoms with E-state index < -0.39 is 0 Å². The van der Waals surface area contributed by atoms with Gasteiger partial charge in [0, 0.05) is 10.2 Å². The molecule has 2 heteroatoms. The van der Waals surface area contributed by atoms with Crippen molar-refractivity contribution in [2.75, 3.05) is 0 Å². The molecule has 0 amide bonds. The largest absolute Gasteiger partial charge is 0.303 e. The molecule has 5 atom stereocenters. The van der Waals surface area contributed by atoms with E-state index in [2.05, 4.69) is 15.9 Å². The molecule has 4 aliphatic carbocycles. The van der Waals surface area contributed by atoms with Crippen LogP contribution in [0.1, 0.15) is 12.8 Å². The van der Waals surface area contributed by atoms with Gasteiger partial charge in [-0.05, 0) is 30.6 Å². The van der Waals surface area contributed by atoms with Gasteiger partial charge in [0.15, 0.2) is 0 Å². The van der Waals surface area contributed by atoms with Crippen molar-refractivity contribution in [3.8, 4) is 0 Å². The smallest absolute Gasteiger partial charge is 0.126 e. The zero-order valence-corrected chi connectivity index (χ0v) is 7.17. The molecule has 54 valence electrons. The van der Waals surface area contributed by atoms with E-state index in [1.54, 1.807) is 0 Å². The molecule has 0 aromatic rings. The molecule has 4 aliphatic rings. The first-order valence-electron chi connectivity index (χ1n) is 3.90. The summed E-state index contributed by atoms with van der Waals surface area (Å²) in [5.74, 6) is 2.34. The van der Waals surface area contributed by atoms with E-state index in [1.165, 1.54) is 19.1 Å². The minimum Gasteiger partial charge on any atom is -0.303 e. The number of hydrogen-bond donors (Lipinski definition) is 0. The van der Waals surface area contributed by atoms with Crippen molar-refractivity contribution in [3.05, 3.63) is 0 Å². The molecule has 0 N–H and O–H groups in total. The second kappa shape index (κ2) is 1.36. The molecule has 0 aromatic heterocycles. The van der Waals surface area contributed by atoms with Crippen molar-refractivity contribution < 1.29 is 4.79 Å². The van der Waals surface area contributed by atoms with Crippen LogP contribution < -0.4 is 0 Å². The first kappa shape index (κ1) is 5.76. The lowest BCUT2D eigenvalue weighted by molar-refractivity contribution is -0.112. The van der Waals surface area contributed by atoms with Crippen LogP contribution >= 0.6 is 15.9 Å². The van der Waals surface area contributed by atoms with E-state index in [-0.39, 0.29) is 5.41 Å². The highest BCUT2D eigenvalue weighted by Crippen LogP contribution is 2.79. The molecule has 0 aromatic carbocycles. The van der Waals surface area contributed by atoms with Crippen molar-refractivity contribution in [1.82, 2.24) is 0 Å². The molecule has 4 bridgehead atoms. The van der Waals surface area contributed by atoms with Gasteiger partial charge in [-0.15, -0.1) is 0 Å². The topological polar surface area (TPSA) is 17.1 Å². The van der Waals surface area contributed by atoms with Crippen LogP contribution in [0.25, 0.3) is 0 Å². The van der Waals surface area contributed by atoms with Gasteiger partial charge in [-0.25, -0.2) is 0 Å². The average molecular weight is 201 g/mol. The lowest BCUT2D eigenvalue weighted by atomic mass is 10.1. The Balaban J connectivity index is 2.07. The highest BCUT2D eigenvalue weighted by atomic mass is 79.9. The molecule has 4 saturated carbocycles. The van der Waals surface area contributed by atoms with E-state index >= 15 is 0 Å². The molecule has 0 unspecified atom stereocenters. The summed E-state index contributed by atoms with van der Waals surface area (Å²) >= 11 is 3.67. The van der Waals surface area contributed by atoms with Crippen LogP contribution in [0.5, 0.6) is 0 Å². The van der Waals surface area contributed by atoms with Gasteiger partial charge in [0.2, 0.25) is 0 Å². The Bertz CT molecular complexity index is 215. The minimum atomic E-state index is 0.179. The quantitative estimate of drug-likeness (QED) is 0.465. The van der Waals surface area contributed by atoms with Gasteiger partial charge in [-0.2, -0.15) is 0 Å². The summed E-state index contributed by atoms with van der Waals surface area (Å²) in [5.41, 5.74) is 0.179. The number of halogens is 1. The lowest BCUT2D eigenvalue weighted by Crippen LogP contribution is -2.01. The van der Waals surface area contributed by atoms with Gasteiger partial charge in [0.25, 0.3) is 0 Å². The second-order valence-corrected chi connectivity index (χ2v) is 5.06. The Kier molecular flexibility index (Phi) is 0.782. The first-order valence-corrected chi connectivity index (χ1v) is 4.81. The van der Waals surface area contributed by atoms with E-state index in [4.69, 9.17) is 0 Å². The van der Waals surface area contributed by atoms with Crippen molar-refractivity contribution in [2.24, 2.45) is 23.2 Å². The Morgan fingerprint density at radius 3 is 2.60 bits per heavy atom. The molecule has 0 aliphatic heterocycles. The fourth-order valence-corrected chi connectivity index (χ4v) is 4.62. The maximum atomic E-state index is 10.7. The highest BCUT2D eigenvalue weighted by molar-refractivity contribution is 9.09. The molecule has 0 saturated heterocycles. The molecule has 0 radical (unpaired) electrons. The van der Waals surface area contributed by atoms with Gasteiger partial charge >= 0.3 is 0 Å². The Hall–Kier alpha value is 0.150. The van der Waals surface area contributed by atoms with Crippen molar-refractivity contribution in [3.63, 3.8) is 0 Å². The average Bonchev–Trinajstić information content (AvgIpc) is 2.36. The molecule has 1 nitrogen and oxygen atoms in total. The van der Waals surface area contributed by atoms with Gasteiger partial charge in [0.05, 0.1) is 0 Å². The summed E-state index contributed by atoms with van der Waals surface area (Å²) in [4.78, 5) is 11.4. The third-order valence-electron chi connectivity index (χ3n) is 3.82. The maximum absolute atomic E-state index is 10.7. The molecule has 10 heavy (non-hydrogen) atoms. The predicted octanol–water partition coefficient (Wildman–Crippen LogP) is 1.60. The van der Waals surface area contributed by atoms with Crippen LogP contribution in [0.2, 0.25) is 0 Å². The fourth-order valence-electron chi connectivity index (χ4n) is 3.36. The van der Waals surface area contributed by atoms with Crippen LogP contribution in [0.4, 0.5) is 0 Å². The van der Waals surface area contributed by atoms with Crippen LogP contribution in [0.15, 0.2) is 0 Å². The number of carbonyl (C=O) groups is 1. The monoisotopic (exact) mass is 200 g/mol. The summed E-state index contributed by atoms with van der Waals surface area (Å²) < 4.78 is 0. The zero-order valence-electron chi connectivity index (χ0n) is 5.59. The summed E-state index contributed by atoms with van der Waals surface area (Å²) in [6, 6.07) is 0. The summed E-state index contributed by atoms with van der Waals surface area (Å²) in [7, 11) is 0. The highest BCUT2D eigenvalue weighted by Gasteiger charge is 2.78. The van der Waals surface area contributed by atoms with Crippen molar-refractivity contribution in [2.45, 2.75) is 17.7 Å². The maximum Gasteiger partial charge on any atom is 0.126 e. The van der Waals surface area contributed by atoms with E-state index in [1.807, 2.05) is 0 Å². The summed E-state index contributed by atoms with van der Waals surface area (Å²) in [5, 5.41) is 0. The standard InChI is InChI=1S/C8H9BrO/c9-7-4-1-5-6(7)8(5,2-4)3-10/h3-7H,1-2H2/t4-,5+,6-,7-,8+/m1/s1. The number of carbonyl (C=O) groups excluding carboxylic acids is 1. The SMILES string of the molecule is O=C[C@@]12C[C@H]3C[C@H]1[C@@H]2[C@@H]3Br. The van der Waals surface area contributed by atoms with E-state index in [0.29, 0.717) is 4.83 Å². The zero-order chi connectivity index (χ0) is 6.93. The first-order chi connectivity index (χ1) is 4.79. The molecular weight excluding hydrogens is 192 g/mol. The van der Waals surface area contributed by atoms with Crippen LogP contribution in [0.3, 0.4) is 0 Å². The second-order valence-electron chi connectivity index (χ2n) is 4.01. The Morgan fingerprint density at radius 2 is 2.40 bits per heavy atom. The summed E-state index contributed by atoms with van der Waals surface area (Å²) in [6.07, 6.45) is 3.73. The number of rotatable bonds is 1. The number of hydrogen-bond acceptors (Lipinski definition) is 1. The fraction of sp³-hybridized carbons (Fsp3) is 0.875. The van der Waals surface area contributed by atoms with E-state index in [9.17, 15) is 4.79 Å². The predicted molar refractivity (Wildman–Crippen MR) is 40.9 cm³/mol. The van der Waals surface area contributed by atoms with Gasteiger partial charge < -0.3 is 4.79 Å². The van der Waals surface area contributed by atoms with Gasteiger partial charge in [-0.1, -0.05) is 15.9 Å². The third-order valence-corrected chi connectivity index (χ3v) is 5.14. The number of alkyl halides is 1. The molecule has 0 heterocycles.